The van der Waals surface area contributed by atoms with Crippen LogP contribution in [-0.2, 0) is 17.5 Å². The minimum absolute atomic E-state index is 0.105. The van der Waals surface area contributed by atoms with Gasteiger partial charge in [-0.15, -0.1) is 0 Å². The lowest BCUT2D eigenvalue weighted by Gasteiger charge is -2.36. The van der Waals surface area contributed by atoms with E-state index in [4.69, 9.17) is 34.8 Å². The first-order valence-corrected chi connectivity index (χ1v) is 9.49. The molecule has 1 aliphatic rings. The second-order valence-electron chi connectivity index (χ2n) is 6.37. The number of piperazine rings is 1. The molecule has 3 rings (SSSR count). The van der Waals surface area contributed by atoms with Crippen LogP contribution in [0.15, 0.2) is 18.2 Å². The average Bonchev–Trinajstić information content (AvgIpc) is 2.90. The van der Waals surface area contributed by atoms with Crippen LogP contribution < -0.4 is 4.90 Å². The summed E-state index contributed by atoms with van der Waals surface area (Å²) in [5, 5.41) is 4.04. The minimum atomic E-state index is -4.67. The van der Waals surface area contributed by atoms with Gasteiger partial charge in [-0.25, -0.2) is 0 Å². The van der Waals surface area contributed by atoms with Gasteiger partial charge in [0.25, 0.3) is 0 Å². The number of hydrogen-bond acceptors (Lipinski definition) is 3. The van der Waals surface area contributed by atoms with Gasteiger partial charge in [-0.05, 0) is 25.1 Å². The fourth-order valence-corrected chi connectivity index (χ4v) is 3.79. The molecule has 0 atom stereocenters. The van der Waals surface area contributed by atoms with Gasteiger partial charge in [-0.3, -0.25) is 9.48 Å². The van der Waals surface area contributed by atoms with Gasteiger partial charge in [0.05, 0.1) is 21.4 Å². The summed E-state index contributed by atoms with van der Waals surface area (Å²) in [4.78, 5) is 16.1. The Morgan fingerprint density at radius 3 is 2.32 bits per heavy atom. The summed E-state index contributed by atoms with van der Waals surface area (Å²) in [5.74, 6) is -0.321. The van der Waals surface area contributed by atoms with Crippen molar-refractivity contribution in [2.75, 3.05) is 31.1 Å². The van der Waals surface area contributed by atoms with Crippen LogP contribution in [0.1, 0.15) is 11.4 Å². The number of carbonyl (C=O) groups excluding carboxylic acids is 1. The summed E-state index contributed by atoms with van der Waals surface area (Å²) in [5.41, 5.74) is -0.252. The van der Waals surface area contributed by atoms with Crippen LogP contribution in [0.3, 0.4) is 0 Å². The van der Waals surface area contributed by atoms with Gasteiger partial charge in [-0.2, -0.15) is 18.3 Å². The molecule has 0 unspecified atom stereocenters. The molecule has 0 bridgehead atoms. The molecule has 1 amide bonds. The van der Waals surface area contributed by atoms with Crippen LogP contribution in [0, 0.1) is 6.92 Å². The third-order valence-electron chi connectivity index (χ3n) is 4.57. The molecule has 1 aromatic heterocycles. The Labute approximate surface area is 174 Å². The largest absolute Gasteiger partial charge is 0.436 e. The molecule has 0 N–H and O–H groups in total. The Morgan fingerprint density at radius 1 is 1.14 bits per heavy atom. The topological polar surface area (TPSA) is 41.4 Å². The number of hydrogen-bond donors (Lipinski definition) is 0. The number of rotatable bonds is 3. The van der Waals surface area contributed by atoms with Crippen LogP contribution in [-0.4, -0.2) is 46.8 Å². The zero-order valence-corrected chi connectivity index (χ0v) is 17.0. The second-order valence-corrected chi connectivity index (χ2v) is 7.59. The predicted molar refractivity (Wildman–Crippen MR) is 102 cm³/mol. The smallest absolute Gasteiger partial charge is 0.367 e. The summed E-state index contributed by atoms with van der Waals surface area (Å²) < 4.78 is 39.7. The normalized spacial score (nSPS) is 15.2. The summed E-state index contributed by atoms with van der Waals surface area (Å²) >= 11 is 17.8. The second kappa shape index (κ2) is 8.00. The molecule has 11 heteroatoms. The van der Waals surface area contributed by atoms with Crippen molar-refractivity contribution in [1.29, 1.82) is 0 Å². The van der Waals surface area contributed by atoms with Crippen molar-refractivity contribution >= 4 is 46.4 Å². The molecule has 5 nitrogen and oxygen atoms in total. The maximum atomic E-state index is 12.9. The van der Waals surface area contributed by atoms with Gasteiger partial charge in [0, 0.05) is 31.2 Å². The van der Waals surface area contributed by atoms with E-state index >= 15 is 0 Å². The van der Waals surface area contributed by atoms with E-state index in [1.807, 2.05) is 11.0 Å². The highest BCUT2D eigenvalue weighted by Gasteiger charge is 2.38. The number of carbonyl (C=O) groups is 1. The fourth-order valence-electron chi connectivity index (χ4n) is 3.02. The highest BCUT2D eigenvalue weighted by atomic mass is 35.5. The Morgan fingerprint density at radius 2 is 1.79 bits per heavy atom. The maximum Gasteiger partial charge on any atom is 0.436 e. The number of aromatic nitrogens is 2. The van der Waals surface area contributed by atoms with Gasteiger partial charge >= 0.3 is 6.18 Å². The molecule has 2 heterocycles. The average molecular weight is 456 g/mol. The molecule has 0 saturated carbocycles. The minimum Gasteiger partial charge on any atom is -0.367 e. The SMILES string of the molecule is Cc1c(Cl)c(C(F)(F)F)nn1CC(=O)N1CCN(c2ccc(Cl)cc2Cl)CC1. The van der Waals surface area contributed by atoms with E-state index in [2.05, 4.69) is 5.10 Å². The summed E-state index contributed by atoms with van der Waals surface area (Å²) in [7, 11) is 0. The molecular weight excluding hydrogens is 440 g/mol. The third kappa shape index (κ3) is 4.34. The van der Waals surface area contributed by atoms with Crippen molar-refractivity contribution in [3.05, 3.63) is 44.7 Å². The van der Waals surface area contributed by atoms with E-state index in [1.54, 1.807) is 17.0 Å². The van der Waals surface area contributed by atoms with E-state index in [-0.39, 0.29) is 18.1 Å². The Kier molecular flexibility index (Phi) is 6.03. The lowest BCUT2D eigenvalue weighted by Crippen LogP contribution is -2.49. The Balaban J connectivity index is 1.65. The fraction of sp³-hybridized carbons (Fsp3) is 0.412. The van der Waals surface area contributed by atoms with Crippen molar-refractivity contribution in [2.45, 2.75) is 19.6 Å². The van der Waals surface area contributed by atoms with Crippen molar-refractivity contribution < 1.29 is 18.0 Å². The molecule has 2 aromatic rings. The number of benzene rings is 1. The summed E-state index contributed by atoms with van der Waals surface area (Å²) in [6.07, 6.45) is -4.67. The van der Waals surface area contributed by atoms with Crippen molar-refractivity contribution in [3.8, 4) is 0 Å². The van der Waals surface area contributed by atoms with Gasteiger partial charge in [0.1, 0.15) is 6.54 Å². The standard InChI is InChI=1S/C17H16Cl3F3N4O/c1-10-15(20)16(17(21,22)23)24-27(10)9-14(28)26-6-4-25(5-7-26)13-3-2-11(18)8-12(13)19/h2-3,8H,4-7,9H2,1H3. The van der Waals surface area contributed by atoms with Crippen LogP contribution in [0.2, 0.25) is 15.1 Å². The highest BCUT2D eigenvalue weighted by Crippen LogP contribution is 2.35. The zero-order chi connectivity index (χ0) is 20.6. The van der Waals surface area contributed by atoms with Gasteiger partial charge in [0.15, 0.2) is 5.69 Å². The van der Waals surface area contributed by atoms with Crippen molar-refractivity contribution in [3.63, 3.8) is 0 Å². The number of anilines is 1. The van der Waals surface area contributed by atoms with Gasteiger partial charge < -0.3 is 9.80 Å². The number of halogens is 6. The van der Waals surface area contributed by atoms with Crippen LogP contribution in [0.5, 0.6) is 0 Å². The van der Waals surface area contributed by atoms with Crippen LogP contribution in [0.25, 0.3) is 0 Å². The summed E-state index contributed by atoms with van der Waals surface area (Å²) in [6, 6.07) is 5.21. The number of nitrogens with zero attached hydrogens (tertiary/aromatic N) is 4. The Hall–Kier alpha value is -1.64. The number of alkyl halides is 3. The molecule has 1 fully saturated rings. The maximum absolute atomic E-state index is 12.9. The first-order valence-electron chi connectivity index (χ1n) is 8.36. The number of amides is 1. The lowest BCUT2D eigenvalue weighted by atomic mass is 10.2. The van der Waals surface area contributed by atoms with Crippen LogP contribution >= 0.6 is 34.8 Å². The quantitative estimate of drug-likeness (QED) is 0.683. The lowest BCUT2D eigenvalue weighted by molar-refractivity contribution is -0.142. The first-order chi connectivity index (χ1) is 13.1. The third-order valence-corrected chi connectivity index (χ3v) is 5.56. The highest BCUT2D eigenvalue weighted by molar-refractivity contribution is 6.36. The molecule has 1 aliphatic heterocycles. The molecule has 1 aromatic carbocycles. The first kappa shape index (κ1) is 21.1. The molecule has 0 spiro atoms. The van der Waals surface area contributed by atoms with E-state index < -0.39 is 16.9 Å². The van der Waals surface area contributed by atoms with E-state index in [0.717, 1.165) is 10.4 Å². The summed E-state index contributed by atoms with van der Waals surface area (Å²) in [6.45, 7) is 3.01. The van der Waals surface area contributed by atoms with Crippen molar-refractivity contribution in [2.24, 2.45) is 0 Å². The molecule has 28 heavy (non-hydrogen) atoms. The molecule has 0 aliphatic carbocycles. The van der Waals surface area contributed by atoms with Crippen LogP contribution in [0.4, 0.5) is 18.9 Å². The van der Waals surface area contributed by atoms with E-state index in [0.29, 0.717) is 36.2 Å². The molecule has 152 valence electrons. The van der Waals surface area contributed by atoms with Crippen molar-refractivity contribution in [1.82, 2.24) is 14.7 Å². The van der Waals surface area contributed by atoms with Gasteiger partial charge in [-0.1, -0.05) is 34.8 Å². The van der Waals surface area contributed by atoms with E-state index in [1.165, 1.54) is 6.92 Å². The predicted octanol–water partition coefficient (Wildman–Crippen LogP) is 4.52. The Bertz CT molecular complexity index is 893. The van der Waals surface area contributed by atoms with E-state index in [9.17, 15) is 18.0 Å². The van der Waals surface area contributed by atoms with Gasteiger partial charge in [0.2, 0.25) is 5.91 Å². The zero-order valence-electron chi connectivity index (χ0n) is 14.7. The monoisotopic (exact) mass is 454 g/mol. The molecular formula is C17H16Cl3F3N4O. The molecule has 0 radical (unpaired) electrons. The molecule has 1 saturated heterocycles.